The van der Waals surface area contributed by atoms with Gasteiger partial charge in [0.25, 0.3) is 5.91 Å². The van der Waals surface area contributed by atoms with Crippen molar-refractivity contribution >= 4 is 49.6 Å². The zero-order valence-electron chi connectivity index (χ0n) is 18.2. The SMILES string of the molecule is O=C(N/N=C/c1c2ccccc2cc2ccccc12)c1ccccc1OCc1cccc(Br)c1. The van der Waals surface area contributed by atoms with Crippen LogP contribution >= 0.6 is 15.9 Å². The monoisotopic (exact) mass is 508 g/mol. The lowest BCUT2D eigenvalue weighted by atomic mass is 9.97. The second kappa shape index (κ2) is 9.89. The quantitative estimate of drug-likeness (QED) is 0.151. The molecular formula is C29H21BrN2O2. The van der Waals surface area contributed by atoms with Crippen LogP contribution < -0.4 is 10.2 Å². The molecule has 166 valence electrons. The van der Waals surface area contributed by atoms with Gasteiger partial charge in [0, 0.05) is 10.0 Å². The van der Waals surface area contributed by atoms with Gasteiger partial charge in [0.1, 0.15) is 12.4 Å². The van der Waals surface area contributed by atoms with Gasteiger partial charge in [-0.2, -0.15) is 5.10 Å². The molecule has 0 bridgehead atoms. The number of rotatable bonds is 6. The van der Waals surface area contributed by atoms with Crippen LogP contribution in [-0.4, -0.2) is 12.1 Å². The van der Waals surface area contributed by atoms with Gasteiger partial charge in [-0.1, -0.05) is 88.7 Å². The minimum absolute atomic E-state index is 0.328. The van der Waals surface area contributed by atoms with E-state index in [1.54, 1.807) is 18.3 Å². The van der Waals surface area contributed by atoms with Gasteiger partial charge in [0.05, 0.1) is 11.8 Å². The molecule has 0 aliphatic carbocycles. The molecule has 0 saturated heterocycles. The Labute approximate surface area is 206 Å². The van der Waals surface area contributed by atoms with Gasteiger partial charge in [0.15, 0.2) is 0 Å². The Bertz CT molecular complexity index is 1470. The summed E-state index contributed by atoms with van der Waals surface area (Å²) in [5.41, 5.74) is 5.07. The number of hydrogen-bond acceptors (Lipinski definition) is 3. The Balaban J connectivity index is 1.38. The van der Waals surface area contributed by atoms with Crippen LogP contribution in [0.15, 0.2) is 113 Å². The Morgan fingerprint density at radius 2 is 1.50 bits per heavy atom. The number of amides is 1. The summed E-state index contributed by atoms with van der Waals surface area (Å²) in [7, 11) is 0. The highest BCUT2D eigenvalue weighted by atomic mass is 79.9. The maximum atomic E-state index is 12.9. The molecule has 0 spiro atoms. The number of carbonyl (C=O) groups excluding carboxylic acids is 1. The molecule has 0 atom stereocenters. The number of halogens is 1. The van der Waals surface area contributed by atoms with E-state index in [0.29, 0.717) is 17.9 Å². The van der Waals surface area contributed by atoms with Crippen molar-refractivity contribution in [3.05, 3.63) is 124 Å². The lowest BCUT2D eigenvalue weighted by molar-refractivity contribution is 0.0950. The average molecular weight is 509 g/mol. The first-order valence-corrected chi connectivity index (χ1v) is 11.7. The van der Waals surface area contributed by atoms with Crippen LogP contribution in [0.4, 0.5) is 0 Å². The average Bonchev–Trinajstić information content (AvgIpc) is 2.87. The van der Waals surface area contributed by atoms with Gasteiger partial charge >= 0.3 is 0 Å². The summed E-state index contributed by atoms with van der Waals surface area (Å²) in [6.07, 6.45) is 1.72. The summed E-state index contributed by atoms with van der Waals surface area (Å²) in [5.74, 6) is 0.177. The third-order valence-corrected chi connectivity index (χ3v) is 6.08. The molecular weight excluding hydrogens is 488 g/mol. The second-order valence-corrected chi connectivity index (χ2v) is 8.76. The summed E-state index contributed by atoms with van der Waals surface area (Å²) < 4.78 is 6.93. The van der Waals surface area contributed by atoms with Crippen molar-refractivity contribution in [3.63, 3.8) is 0 Å². The number of benzene rings is 5. The molecule has 5 aromatic carbocycles. The van der Waals surface area contributed by atoms with Gasteiger partial charge in [-0.15, -0.1) is 0 Å². The van der Waals surface area contributed by atoms with Crippen LogP contribution in [0.25, 0.3) is 21.5 Å². The molecule has 0 unspecified atom stereocenters. The van der Waals surface area contributed by atoms with E-state index in [-0.39, 0.29) is 5.91 Å². The van der Waals surface area contributed by atoms with Crippen molar-refractivity contribution < 1.29 is 9.53 Å². The van der Waals surface area contributed by atoms with Gasteiger partial charge in [0.2, 0.25) is 0 Å². The summed E-state index contributed by atoms with van der Waals surface area (Å²) >= 11 is 3.47. The zero-order chi connectivity index (χ0) is 23.3. The van der Waals surface area contributed by atoms with Crippen LogP contribution in [0, 0.1) is 0 Å². The molecule has 34 heavy (non-hydrogen) atoms. The molecule has 0 radical (unpaired) electrons. The van der Waals surface area contributed by atoms with Gasteiger partial charge in [-0.05, 0) is 57.4 Å². The summed E-state index contributed by atoms with van der Waals surface area (Å²) in [5, 5.41) is 8.71. The zero-order valence-corrected chi connectivity index (χ0v) is 19.8. The van der Waals surface area contributed by atoms with E-state index in [4.69, 9.17) is 4.74 Å². The summed E-state index contributed by atoms with van der Waals surface area (Å²) in [4.78, 5) is 12.9. The number of nitrogens with one attached hydrogen (secondary N) is 1. The highest BCUT2D eigenvalue weighted by Crippen LogP contribution is 2.27. The Hall–Kier alpha value is -3.96. The van der Waals surface area contributed by atoms with Crippen LogP contribution in [0.2, 0.25) is 0 Å². The van der Waals surface area contributed by atoms with Crippen LogP contribution in [0.1, 0.15) is 21.5 Å². The highest BCUT2D eigenvalue weighted by molar-refractivity contribution is 9.10. The predicted octanol–water partition coefficient (Wildman–Crippen LogP) is 7.10. The molecule has 1 N–H and O–H groups in total. The molecule has 5 aromatic rings. The van der Waals surface area contributed by atoms with E-state index in [0.717, 1.165) is 37.1 Å². The number of hydrogen-bond donors (Lipinski definition) is 1. The van der Waals surface area contributed by atoms with Crippen molar-refractivity contribution in [2.24, 2.45) is 5.10 Å². The van der Waals surface area contributed by atoms with Gasteiger partial charge in [-0.25, -0.2) is 5.43 Å². The molecule has 0 heterocycles. The number of carbonyl (C=O) groups is 1. The van der Waals surface area contributed by atoms with E-state index in [1.807, 2.05) is 60.7 Å². The van der Waals surface area contributed by atoms with E-state index in [1.165, 1.54) is 0 Å². The first-order chi connectivity index (χ1) is 16.7. The first-order valence-electron chi connectivity index (χ1n) is 10.9. The van der Waals surface area contributed by atoms with E-state index < -0.39 is 0 Å². The van der Waals surface area contributed by atoms with Gasteiger partial charge in [-0.3, -0.25) is 4.79 Å². The number of ether oxygens (including phenoxy) is 1. The summed E-state index contributed by atoms with van der Waals surface area (Å²) in [6, 6.07) is 33.6. The van der Waals surface area contributed by atoms with E-state index >= 15 is 0 Å². The number of nitrogens with zero attached hydrogens (tertiary/aromatic N) is 1. The van der Waals surface area contributed by atoms with E-state index in [2.05, 4.69) is 56.8 Å². The third kappa shape index (κ3) is 4.70. The molecule has 5 heteroatoms. The van der Waals surface area contributed by atoms with Crippen LogP contribution in [0.5, 0.6) is 5.75 Å². The fraction of sp³-hybridized carbons (Fsp3) is 0.0345. The van der Waals surface area contributed by atoms with Crippen molar-refractivity contribution in [2.45, 2.75) is 6.61 Å². The lowest BCUT2D eigenvalue weighted by Gasteiger charge is -2.11. The molecule has 0 aromatic heterocycles. The topological polar surface area (TPSA) is 50.7 Å². The van der Waals surface area contributed by atoms with Crippen molar-refractivity contribution in [2.75, 3.05) is 0 Å². The molecule has 0 aliphatic heterocycles. The normalized spacial score (nSPS) is 11.2. The Kier molecular flexibility index (Phi) is 6.36. The number of para-hydroxylation sites is 1. The Morgan fingerprint density at radius 1 is 0.824 bits per heavy atom. The Morgan fingerprint density at radius 3 is 2.24 bits per heavy atom. The molecule has 0 saturated carbocycles. The third-order valence-electron chi connectivity index (χ3n) is 5.59. The van der Waals surface area contributed by atoms with Gasteiger partial charge < -0.3 is 4.74 Å². The highest BCUT2D eigenvalue weighted by Gasteiger charge is 2.12. The van der Waals surface area contributed by atoms with Crippen molar-refractivity contribution in [3.8, 4) is 5.75 Å². The smallest absolute Gasteiger partial charge is 0.275 e. The maximum Gasteiger partial charge on any atom is 0.275 e. The largest absolute Gasteiger partial charge is 0.488 e. The fourth-order valence-corrected chi connectivity index (χ4v) is 4.42. The standard InChI is InChI=1S/C29H21BrN2O2/c30-23-11-7-8-20(16-23)19-34-28-15-6-5-14-26(28)29(33)32-31-18-27-24-12-3-1-9-21(24)17-22-10-2-4-13-25(22)27/h1-18H,19H2,(H,32,33)/b31-18+. The summed E-state index contributed by atoms with van der Waals surface area (Å²) in [6.45, 7) is 0.356. The maximum absolute atomic E-state index is 12.9. The molecule has 0 fully saturated rings. The predicted molar refractivity (Wildman–Crippen MR) is 141 cm³/mol. The molecule has 4 nitrogen and oxygen atoms in total. The number of fused-ring (bicyclic) bond motifs is 2. The minimum Gasteiger partial charge on any atom is -0.488 e. The van der Waals surface area contributed by atoms with Crippen molar-refractivity contribution in [1.29, 1.82) is 0 Å². The second-order valence-electron chi connectivity index (χ2n) is 7.85. The lowest BCUT2D eigenvalue weighted by Crippen LogP contribution is -2.18. The first kappa shape index (κ1) is 21.9. The van der Waals surface area contributed by atoms with Crippen molar-refractivity contribution in [1.82, 2.24) is 5.43 Å². The fourth-order valence-electron chi connectivity index (χ4n) is 3.97. The number of hydrazone groups is 1. The van der Waals surface area contributed by atoms with Crippen LogP contribution in [0.3, 0.4) is 0 Å². The minimum atomic E-state index is -0.328. The molecule has 0 aliphatic rings. The molecule has 1 amide bonds. The van der Waals surface area contributed by atoms with E-state index in [9.17, 15) is 4.79 Å². The van der Waals surface area contributed by atoms with Crippen LogP contribution in [-0.2, 0) is 6.61 Å². The molecule has 5 rings (SSSR count).